The molecule has 1 atom stereocenters. The molecule has 2 rings (SSSR count). The van der Waals surface area contributed by atoms with Crippen molar-refractivity contribution in [2.75, 3.05) is 0 Å². The van der Waals surface area contributed by atoms with E-state index >= 15 is 0 Å². The number of hydrogen-bond donors (Lipinski definition) is 0. The summed E-state index contributed by atoms with van der Waals surface area (Å²) >= 11 is 0. The standard InChI is InChI=1S/C19H22O2/c1-14(2)17-11-9-16(10-12-17)13-19(21-15(3)20)18-7-5-4-6-8-18/h4-12,14,19H,13H2,1-3H3/t19-/m1/s1. The molecule has 0 saturated heterocycles. The van der Waals surface area contributed by atoms with Gasteiger partial charge in [0.05, 0.1) is 0 Å². The summed E-state index contributed by atoms with van der Waals surface area (Å²) in [6, 6.07) is 18.4. The van der Waals surface area contributed by atoms with Gasteiger partial charge >= 0.3 is 5.97 Å². The highest BCUT2D eigenvalue weighted by Crippen LogP contribution is 2.23. The van der Waals surface area contributed by atoms with E-state index in [1.807, 2.05) is 30.3 Å². The highest BCUT2D eigenvalue weighted by molar-refractivity contribution is 5.66. The second-order valence-corrected chi connectivity index (χ2v) is 5.61. The minimum atomic E-state index is -0.248. The molecule has 110 valence electrons. The van der Waals surface area contributed by atoms with Crippen molar-refractivity contribution >= 4 is 5.97 Å². The van der Waals surface area contributed by atoms with Crippen LogP contribution >= 0.6 is 0 Å². The third-order valence-corrected chi connectivity index (χ3v) is 3.55. The lowest BCUT2D eigenvalue weighted by molar-refractivity contribution is -0.146. The maximum atomic E-state index is 11.3. The first kappa shape index (κ1) is 15.3. The fourth-order valence-electron chi connectivity index (χ4n) is 2.35. The maximum absolute atomic E-state index is 11.3. The van der Waals surface area contributed by atoms with Crippen LogP contribution in [0.5, 0.6) is 0 Å². The van der Waals surface area contributed by atoms with Crippen molar-refractivity contribution in [1.82, 2.24) is 0 Å². The molecule has 0 amide bonds. The monoisotopic (exact) mass is 282 g/mol. The largest absolute Gasteiger partial charge is 0.457 e. The number of carbonyl (C=O) groups is 1. The smallest absolute Gasteiger partial charge is 0.303 e. The van der Waals surface area contributed by atoms with Crippen molar-refractivity contribution in [3.63, 3.8) is 0 Å². The summed E-state index contributed by atoms with van der Waals surface area (Å²) in [6.45, 7) is 5.82. The zero-order valence-corrected chi connectivity index (χ0v) is 12.9. The number of carbonyl (C=O) groups excluding carboxylic acids is 1. The van der Waals surface area contributed by atoms with E-state index in [9.17, 15) is 4.79 Å². The summed E-state index contributed by atoms with van der Waals surface area (Å²) in [6.07, 6.45) is 0.468. The highest BCUT2D eigenvalue weighted by atomic mass is 16.5. The van der Waals surface area contributed by atoms with E-state index in [2.05, 4.69) is 38.1 Å². The van der Waals surface area contributed by atoms with Crippen molar-refractivity contribution in [2.45, 2.75) is 39.2 Å². The summed E-state index contributed by atoms with van der Waals surface area (Å²) in [4.78, 5) is 11.3. The molecule has 0 N–H and O–H groups in total. The molecule has 0 aliphatic rings. The van der Waals surface area contributed by atoms with Crippen molar-refractivity contribution in [3.05, 3.63) is 71.3 Å². The molecule has 2 heteroatoms. The van der Waals surface area contributed by atoms with Crippen LogP contribution in [0.3, 0.4) is 0 Å². The zero-order chi connectivity index (χ0) is 15.2. The average molecular weight is 282 g/mol. The van der Waals surface area contributed by atoms with Crippen LogP contribution in [-0.4, -0.2) is 5.97 Å². The summed E-state index contributed by atoms with van der Waals surface area (Å²) in [5, 5.41) is 0. The molecule has 2 nitrogen and oxygen atoms in total. The van der Waals surface area contributed by atoms with Gasteiger partial charge in [0.2, 0.25) is 0 Å². The molecule has 0 heterocycles. The van der Waals surface area contributed by atoms with Crippen molar-refractivity contribution in [2.24, 2.45) is 0 Å². The lowest BCUT2D eigenvalue weighted by atomic mass is 9.97. The van der Waals surface area contributed by atoms with Gasteiger partial charge in [-0.1, -0.05) is 68.4 Å². The van der Waals surface area contributed by atoms with Crippen LogP contribution in [0.15, 0.2) is 54.6 Å². The molecular weight excluding hydrogens is 260 g/mol. The maximum Gasteiger partial charge on any atom is 0.303 e. The zero-order valence-electron chi connectivity index (χ0n) is 12.9. The number of rotatable bonds is 5. The summed E-state index contributed by atoms with van der Waals surface area (Å²) in [5.41, 5.74) is 3.53. The van der Waals surface area contributed by atoms with E-state index in [1.54, 1.807) is 0 Å². The van der Waals surface area contributed by atoms with Gasteiger partial charge in [0.25, 0.3) is 0 Å². The highest BCUT2D eigenvalue weighted by Gasteiger charge is 2.15. The molecule has 2 aromatic rings. The molecule has 2 aromatic carbocycles. The van der Waals surface area contributed by atoms with Gasteiger partial charge in [0.15, 0.2) is 0 Å². The van der Waals surface area contributed by atoms with Gasteiger partial charge in [-0.15, -0.1) is 0 Å². The summed E-state index contributed by atoms with van der Waals surface area (Å²) < 4.78 is 5.48. The third kappa shape index (κ3) is 4.45. The van der Waals surface area contributed by atoms with Crippen LogP contribution < -0.4 is 0 Å². The van der Waals surface area contributed by atoms with E-state index in [1.165, 1.54) is 18.1 Å². The Morgan fingerprint density at radius 3 is 2.10 bits per heavy atom. The molecule has 0 unspecified atom stereocenters. The molecule has 21 heavy (non-hydrogen) atoms. The van der Waals surface area contributed by atoms with Crippen LogP contribution in [0.1, 0.15) is 49.5 Å². The van der Waals surface area contributed by atoms with E-state index < -0.39 is 0 Å². The average Bonchev–Trinajstić information content (AvgIpc) is 2.47. The van der Waals surface area contributed by atoms with Crippen LogP contribution in [-0.2, 0) is 16.0 Å². The summed E-state index contributed by atoms with van der Waals surface area (Å²) in [5.74, 6) is 0.278. The first-order chi connectivity index (χ1) is 10.1. The van der Waals surface area contributed by atoms with E-state index in [4.69, 9.17) is 4.74 Å². The third-order valence-electron chi connectivity index (χ3n) is 3.55. The van der Waals surface area contributed by atoms with Gasteiger partial charge < -0.3 is 4.74 Å². The molecule has 0 spiro atoms. The number of esters is 1. The van der Waals surface area contributed by atoms with Crippen LogP contribution in [0, 0.1) is 0 Å². The van der Waals surface area contributed by atoms with Gasteiger partial charge in [-0.05, 0) is 22.6 Å². The van der Waals surface area contributed by atoms with Gasteiger partial charge in [0, 0.05) is 13.3 Å². The second kappa shape index (κ2) is 7.07. The van der Waals surface area contributed by atoms with Crippen LogP contribution in [0.4, 0.5) is 0 Å². The van der Waals surface area contributed by atoms with E-state index in [0.29, 0.717) is 12.3 Å². The normalized spacial score (nSPS) is 12.2. The lowest BCUT2D eigenvalue weighted by Gasteiger charge is -2.18. The number of hydrogen-bond acceptors (Lipinski definition) is 2. The Kier molecular flexibility index (Phi) is 5.15. The number of benzene rings is 2. The summed E-state index contributed by atoms with van der Waals surface area (Å²) in [7, 11) is 0. The first-order valence-corrected chi connectivity index (χ1v) is 7.37. The molecular formula is C19H22O2. The Hall–Kier alpha value is -2.09. The van der Waals surface area contributed by atoms with Gasteiger partial charge in [-0.25, -0.2) is 0 Å². The molecule has 0 aliphatic carbocycles. The first-order valence-electron chi connectivity index (χ1n) is 7.37. The SMILES string of the molecule is CC(=O)O[C@H](Cc1ccc(C(C)C)cc1)c1ccccc1. The van der Waals surface area contributed by atoms with Gasteiger partial charge in [-0.2, -0.15) is 0 Å². The molecule has 0 aliphatic heterocycles. The van der Waals surface area contributed by atoms with Crippen molar-refractivity contribution < 1.29 is 9.53 Å². The topological polar surface area (TPSA) is 26.3 Å². The molecule has 0 fully saturated rings. The Morgan fingerprint density at radius 2 is 1.57 bits per heavy atom. The van der Waals surface area contributed by atoms with Crippen molar-refractivity contribution in [3.8, 4) is 0 Å². The Morgan fingerprint density at radius 1 is 0.952 bits per heavy atom. The fraction of sp³-hybridized carbons (Fsp3) is 0.316. The molecule has 0 bridgehead atoms. The Balaban J connectivity index is 2.17. The van der Waals surface area contributed by atoms with Gasteiger partial charge in [0.1, 0.15) is 6.10 Å². The van der Waals surface area contributed by atoms with Crippen LogP contribution in [0.25, 0.3) is 0 Å². The predicted octanol–water partition coefficient (Wildman–Crippen LogP) is 4.66. The molecule has 0 saturated carbocycles. The fourth-order valence-corrected chi connectivity index (χ4v) is 2.35. The van der Waals surface area contributed by atoms with E-state index in [0.717, 1.165) is 5.56 Å². The van der Waals surface area contributed by atoms with E-state index in [-0.39, 0.29) is 12.1 Å². The molecule has 0 aromatic heterocycles. The number of ether oxygens (including phenoxy) is 1. The van der Waals surface area contributed by atoms with Gasteiger partial charge in [-0.3, -0.25) is 4.79 Å². The molecule has 0 radical (unpaired) electrons. The second-order valence-electron chi connectivity index (χ2n) is 5.61. The Bertz CT molecular complexity index is 570. The quantitative estimate of drug-likeness (QED) is 0.746. The Labute approximate surface area is 126 Å². The van der Waals surface area contributed by atoms with Crippen molar-refractivity contribution in [1.29, 1.82) is 0 Å². The van der Waals surface area contributed by atoms with Crippen LogP contribution in [0.2, 0.25) is 0 Å². The lowest BCUT2D eigenvalue weighted by Crippen LogP contribution is -2.11. The predicted molar refractivity (Wildman–Crippen MR) is 85.2 cm³/mol. The minimum absolute atomic E-state index is 0.228. The minimum Gasteiger partial charge on any atom is -0.457 e.